The van der Waals surface area contributed by atoms with E-state index < -0.39 is 18.5 Å². The van der Waals surface area contributed by atoms with Crippen LogP contribution in [-0.4, -0.2) is 48.9 Å². The zero-order chi connectivity index (χ0) is 15.2. The average Bonchev–Trinajstić information content (AvgIpc) is 2.66. The number of hydrogen-bond donors (Lipinski definition) is 1. The maximum atomic E-state index is 12.4. The largest absolute Gasteiger partial charge is 0.481 e. The highest BCUT2D eigenvalue weighted by molar-refractivity contribution is 5.70. The first-order chi connectivity index (χ1) is 10.1. The summed E-state index contributed by atoms with van der Waals surface area (Å²) in [6, 6.07) is 6.52. The minimum Gasteiger partial charge on any atom is -0.481 e. The molecule has 1 atom stereocenters. The number of rotatable bonds is 5. The van der Waals surface area contributed by atoms with Crippen LogP contribution in [0.25, 0.3) is 0 Å². The summed E-state index contributed by atoms with van der Waals surface area (Å²) in [5.41, 5.74) is 0.601. The number of para-hydroxylation sites is 1. The van der Waals surface area contributed by atoms with Crippen LogP contribution in [0.3, 0.4) is 0 Å². The van der Waals surface area contributed by atoms with Gasteiger partial charge in [-0.3, -0.25) is 9.69 Å². The summed E-state index contributed by atoms with van der Waals surface area (Å²) in [5, 5.41) is 9.09. The lowest BCUT2D eigenvalue weighted by atomic mass is 10.1. The molecule has 0 saturated carbocycles. The van der Waals surface area contributed by atoms with Gasteiger partial charge in [0.1, 0.15) is 5.75 Å². The Bertz CT molecular complexity index is 484. The van der Waals surface area contributed by atoms with Crippen LogP contribution in [0.4, 0.5) is 8.78 Å². The molecule has 0 aliphatic carbocycles. The first-order valence-electron chi connectivity index (χ1n) is 6.62. The van der Waals surface area contributed by atoms with Crippen LogP contribution in [0.5, 0.6) is 5.75 Å². The number of alkyl halides is 2. The molecule has 1 aromatic rings. The van der Waals surface area contributed by atoms with Crippen molar-refractivity contribution in [3.8, 4) is 5.75 Å². The molecule has 0 amide bonds. The van der Waals surface area contributed by atoms with Gasteiger partial charge in [0.2, 0.25) is 0 Å². The predicted molar refractivity (Wildman–Crippen MR) is 70.3 cm³/mol. The fraction of sp³-hybridized carbons (Fsp3) is 0.500. The van der Waals surface area contributed by atoms with Crippen LogP contribution in [0, 0.1) is 5.92 Å². The van der Waals surface area contributed by atoms with Crippen LogP contribution in [0.15, 0.2) is 24.3 Å². The van der Waals surface area contributed by atoms with Crippen molar-refractivity contribution in [1.29, 1.82) is 0 Å². The van der Waals surface area contributed by atoms with Gasteiger partial charge in [0.15, 0.2) is 0 Å². The molecule has 1 N–H and O–H groups in total. The highest BCUT2D eigenvalue weighted by Gasteiger charge is 2.25. The SMILES string of the molecule is O=C(O)C1COCCN(Cc2ccccc2OC(F)F)C1. The quantitative estimate of drug-likeness (QED) is 0.899. The molecule has 0 radical (unpaired) electrons. The number of carboxylic acid groups (broad SMARTS) is 1. The Labute approximate surface area is 121 Å². The summed E-state index contributed by atoms with van der Waals surface area (Å²) >= 11 is 0. The van der Waals surface area contributed by atoms with E-state index in [2.05, 4.69) is 4.74 Å². The van der Waals surface area contributed by atoms with Gasteiger partial charge in [-0.1, -0.05) is 18.2 Å². The van der Waals surface area contributed by atoms with E-state index in [0.29, 0.717) is 31.8 Å². The third-order valence-electron chi connectivity index (χ3n) is 3.28. The second kappa shape index (κ2) is 7.33. The lowest BCUT2D eigenvalue weighted by Crippen LogP contribution is -2.33. The maximum absolute atomic E-state index is 12.4. The lowest BCUT2D eigenvalue weighted by Gasteiger charge is -2.22. The molecule has 1 aromatic carbocycles. The Morgan fingerprint density at radius 3 is 2.95 bits per heavy atom. The molecule has 7 heteroatoms. The van der Waals surface area contributed by atoms with Gasteiger partial charge in [-0.15, -0.1) is 0 Å². The molecule has 1 saturated heterocycles. The number of nitrogens with zero attached hydrogens (tertiary/aromatic N) is 1. The summed E-state index contributed by atoms with van der Waals surface area (Å²) in [5.74, 6) is -1.42. The van der Waals surface area contributed by atoms with Crippen LogP contribution in [-0.2, 0) is 16.1 Å². The topological polar surface area (TPSA) is 59.0 Å². The first kappa shape index (κ1) is 15.7. The van der Waals surface area contributed by atoms with Crippen molar-refractivity contribution in [1.82, 2.24) is 4.90 Å². The smallest absolute Gasteiger partial charge is 0.387 e. The molecular weight excluding hydrogens is 284 g/mol. The molecule has 1 aliphatic rings. The van der Waals surface area contributed by atoms with Crippen molar-refractivity contribution in [3.63, 3.8) is 0 Å². The summed E-state index contributed by atoms with van der Waals surface area (Å²) in [7, 11) is 0. The van der Waals surface area contributed by atoms with Crippen molar-refractivity contribution >= 4 is 5.97 Å². The number of carboxylic acids is 1. The van der Waals surface area contributed by atoms with Gasteiger partial charge in [0, 0.05) is 25.2 Å². The van der Waals surface area contributed by atoms with E-state index in [4.69, 9.17) is 9.84 Å². The second-order valence-corrected chi connectivity index (χ2v) is 4.83. The van der Waals surface area contributed by atoms with Gasteiger partial charge < -0.3 is 14.6 Å². The van der Waals surface area contributed by atoms with E-state index in [1.807, 2.05) is 4.90 Å². The molecule has 1 fully saturated rings. The third kappa shape index (κ3) is 4.64. The monoisotopic (exact) mass is 301 g/mol. The van der Waals surface area contributed by atoms with Crippen molar-refractivity contribution in [2.24, 2.45) is 5.92 Å². The highest BCUT2D eigenvalue weighted by atomic mass is 19.3. The Kier molecular flexibility index (Phi) is 5.46. The minimum atomic E-state index is -2.88. The van der Waals surface area contributed by atoms with Crippen LogP contribution < -0.4 is 4.74 Å². The maximum Gasteiger partial charge on any atom is 0.387 e. The number of carbonyl (C=O) groups is 1. The summed E-state index contributed by atoms with van der Waals surface area (Å²) in [6.45, 7) is -1.09. The van der Waals surface area contributed by atoms with E-state index >= 15 is 0 Å². The van der Waals surface area contributed by atoms with Crippen molar-refractivity contribution in [3.05, 3.63) is 29.8 Å². The molecule has 5 nitrogen and oxygen atoms in total. The van der Waals surface area contributed by atoms with Gasteiger partial charge in [0.25, 0.3) is 0 Å². The molecule has 1 aliphatic heterocycles. The predicted octanol–water partition coefficient (Wildman–Crippen LogP) is 1.82. The molecule has 0 spiro atoms. The van der Waals surface area contributed by atoms with Gasteiger partial charge >= 0.3 is 12.6 Å². The van der Waals surface area contributed by atoms with Gasteiger partial charge in [-0.2, -0.15) is 8.78 Å². The number of ether oxygens (including phenoxy) is 2. The minimum absolute atomic E-state index is 0.115. The Hall–Kier alpha value is -1.73. The molecule has 21 heavy (non-hydrogen) atoms. The molecule has 1 unspecified atom stereocenters. The third-order valence-corrected chi connectivity index (χ3v) is 3.28. The Balaban J connectivity index is 2.07. The lowest BCUT2D eigenvalue weighted by molar-refractivity contribution is -0.143. The molecule has 116 valence electrons. The van der Waals surface area contributed by atoms with E-state index in [1.54, 1.807) is 18.2 Å². The normalized spacial score (nSPS) is 20.2. The molecule has 1 heterocycles. The van der Waals surface area contributed by atoms with Crippen LogP contribution in [0.1, 0.15) is 5.56 Å². The van der Waals surface area contributed by atoms with E-state index in [1.165, 1.54) is 6.07 Å². The van der Waals surface area contributed by atoms with Crippen molar-refractivity contribution < 1.29 is 28.2 Å². The Morgan fingerprint density at radius 2 is 2.24 bits per heavy atom. The molecule has 0 bridgehead atoms. The molecular formula is C14H17F2NO4. The van der Waals surface area contributed by atoms with Gasteiger partial charge in [-0.05, 0) is 6.07 Å². The van der Waals surface area contributed by atoms with Gasteiger partial charge in [0.05, 0.1) is 19.1 Å². The van der Waals surface area contributed by atoms with Crippen LogP contribution in [0.2, 0.25) is 0 Å². The van der Waals surface area contributed by atoms with E-state index in [-0.39, 0.29) is 12.4 Å². The van der Waals surface area contributed by atoms with E-state index in [0.717, 1.165) is 0 Å². The number of hydrogen-bond acceptors (Lipinski definition) is 4. The fourth-order valence-corrected chi connectivity index (χ4v) is 2.25. The fourth-order valence-electron chi connectivity index (χ4n) is 2.25. The summed E-state index contributed by atoms with van der Waals surface area (Å²) in [4.78, 5) is 13.0. The average molecular weight is 301 g/mol. The van der Waals surface area contributed by atoms with Crippen molar-refractivity contribution in [2.75, 3.05) is 26.3 Å². The zero-order valence-corrected chi connectivity index (χ0v) is 11.4. The Morgan fingerprint density at radius 1 is 1.48 bits per heavy atom. The molecule has 2 rings (SSSR count). The molecule has 0 aromatic heterocycles. The number of aliphatic carboxylic acids is 1. The summed E-state index contributed by atoms with van der Waals surface area (Å²) in [6.07, 6.45) is 0. The standard InChI is InChI=1S/C14H17F2NO4/c15-14(16)21-12-4-2-1-3-10(12)7-17-5-6-20-9-11(8-17)13(18)19/h1-4,11,14H,5-9H2,(H,18,19). The first-order valence-corrected chi connectivity index (χ1v) is 6.62. The zero-order valence-electron chi connectivity index (χ0n) is 11.4. The van der Waals surface area contributed by atoms with Crippen molar-refractivity contribution in [2.45, 2.75) is 13.2 Å². The second-order valence-electron chi connectivity index (χ2n) is 4.83. The summed E-state index contributed by atoms with van der Waals surface area (Å²) < 4.78 is 34.5. The number of benzene rings is 1. The van der Waals surface area contributed by atoms with Gasteiger partial charge in [-0.25, -0.2) is 0 Å². The van der Waals surface area contributed by atoms with E-state index in [9.17, 15) is 13.6 Å². The highest BCUT2D eigenvalue weighted by Crippen LogP contribution is 2.22. The van der Waals surface area contributed by atoms with Crippen LogP contribution >= 0.6 is 0 Å². The number of halogens is 2.